The van der Waals surface area contributed by atoms with Crippen LogP contribution in [0.5, 0.6) is 0 Å². The first-order valence-corrected chi connectivity index (χ1v) is 8.71. The molecular weight excluding hydrogens is 288 g/mol. The summed E-state index contributed by atoms with van der Waals surface area (Å²) in [6, 6.07) is 8.14. The third-order valence-corrected chi connectivity index (χ3v) is 4.58. The van der Waals surface area contributed by atoms with Crippen molar-refractivity contribution in [3.63, 3.8) is 0 Å². The van der Waals surface area contributed by atoms with Crippen LogP contribution in [0.15, 0.2) is 24.3 Å². The lowest BCUT2D eigenvalue weighted by atomic mass is 9.96. The highest BCUT2D eigenvalue weighted by molar-refractivity contribution is 5.76. The number of imidazole rings is 1. The molecule has 1 saturated heterocycles. The average Bonchev–Trinajstić information content (AvgIpc) is 3.03. The van der Waals surface area contributed by atoms with Crippen LogP contribution >= 0.6 is 0 Å². The minimum Gasteiger partial charge on any atom is -0.343 e. The van der Waals surface area contributed by atoms with E-state index in [1.54, 1.807) is 0 Å². The van der Waals surface area contributed by atoms with Crippen LogP contribution in [0.2, 0.25) is 0 Å². The van der Waals surface area contributed by atoms with Gasteiger partial charge >= 0.3 is 0 Å². The molecule has 0 aliphatic carbocycles. The summed E-state index contributed by atoms with van der Waals surface area (Å²) in [5.74, 6) is 1.78. The maximum absolute atomic E-state index is 12.2. The van der Waals surface area contributed by atoms with Crippen LogP contribution in [-0.4, -0.2) is 47.0 Å². The number of carbonyl (C=O) groups excluding carboxylic acids is 1. The van der Waals surface area contributed by atoms with Crippen LogP contribution in [0.1, 0.15) is 44.3 Å². The molecule has 5 nitrogen and oxygen atoms in total. The van der Waals surface area contributed by atoms with Crippen molar-refractivity contribution in [2.75, 3.05) is 26.2 Å². The summed E-state index contributed by atoms with van der Waals surface area (Å²) >= 11 is 0. The SMILES string of the molecule is CCCNCCC(=O)N1CCC(c2nc3ccccc3[nH]2)CC1. The van der Waals surface area contributed by atoms with Gasteiger partial charge in [-0.15, -0.1) is 0 Å². The van der Waals surface area contributed by atoms with E-state index in [1.807, 2.05) is 23.1 Å². The number of para-hydroxylation sites is 2. The summed E-state index contributed by atoms with van der Waals surface area (Å²) in [6.07, 6.45) is 3.70. The Bertz CT molecular complexity index is 610. The van der Waals surface area contributed by atoms with Gasteiger partial charge in [0.25, 0.3) is 0 Å². The van der Waals surface area contributed by atoms with Gasteiger partial charge in [0.05, 0.1) is 11.0 Å². The molecule has 2 aromatic rings. The van der Waals surface area contributed by atoms with Gasteiger partial charge in [-0.05, 0) is 37.9 Å². The largest absolute Gasteiger partial charge is 0.343 e. The van der Waals surface area contributed by atoms with Crippen molar-refractivity contribution in [3.05, 3.63) is 30.1 Å². The monoisotopic (exact) mass is 314 g/mol. The zero-order chi connectivity index (χ0) is 16.1. The first-order chi connectivity index (χ1) is 11.3. The number of amides is 1. The summed E-state index contributed by atoms with van der Waals surface area (Å²) in [6.45, 7) is 5.60. The van der Waals surface area contributed by atoms with E-state index < -0.39 is 0 Å². The Kier molecular flexibility index (Phi) is 5.28. The van der Waals surface area contributed by atoms with Crippen LogP contribution in [0.3, 0.4) is 0 Å². The van der Waals surface area contributed by atoms with Crippen LogP contribution in [0.4, 0.5) is 0 Å². The van der Waals surface area contributed by atoms with Crippen LogP contribution in [0.25, 0.3) is 11.0 Å². The number of nitrogens with zero attached hydrogens (tertiary/aromatic N) is 2. The predicted octanol–water partition coefficient (Wildman–Crippen LogP) is 2.66. The zero-order valence-electron chi connectivity index (χ0n) is 13.8. The molecule has 1 aliphatic heterocycles. The molecule has 2 heterocycles. The fraction of sp³-hybridized carbons (Fsp3) is 0.556. The zero-order valence-corrected chi connectivity index (χ0v) is 13.8. The molecule has 1 aliphatic rings. The van der Waals surface area contributed by atoms with Gasteiger partial charge in [-0.3, -0.25) is 4.79 Å². The van der Waals surface area contributed by atoms with E-state index in [0.717, 1.165) is 62.3 Å². The summed E-state index contributed by atoms with van der Waals surface area (Å²) in [5.41, 5.74) is 2.13. The van der Waals surface area contributed by atoms with Crippen molar-refractivity contribution in [1.82, 2.24) is 20.2 Å². The van der Waals surface area contributed by atoms with Crippen molar-refractivity contribution >= 4 is 16.9 Å². The van der Waals surface area contributed by atoms with Gasteiger partial charge in [0, 0.05) is 32.0 Å². The van der Waals surface area contributed by atoms with E-state index in [-0.39, 0.29) is 5.91 Å². The van der Waals surface area contributed by atoms with E-state index >= 15 is 0 Å². The van der Waals surface area contributed by atoms with Gasteiger partial charge in [-0.1, -0.05) is 19.1 Å². The standard InChI is InChI=1S/C18H26N4O/c1-2-10-19-11-7-17(23)22-12-8-14(9-13-22)18-20-15-5-3-4-6-16(15)21-18/h3-6,14,19H,2,7-13H2,1H3,(H,20,21). The molecular formula is C18H26N4O. The van der Waals surface area contributed by atoms with Crippen molar-refractivity contribution < 1.29 is 4.79 Å². The lowest BCUT2D eigenvalue weighted by molar-refractivity contribution is -0.132. The minimum absolute atomic E-state index is 0.275. The predicted molar refractivity (Wildman–Crippen MR) is 92.4 cm³/mol. The van der Waals surface area contributed by atoms with Gasteiger partial charge < -0.3 is 15.2 Å². The second-order valence-electron chi connectivity index (χ2n) is 6.29. The van der Waals surface area contributed by atoms with Crippen molar-refractivity contribution in [2.24, 2.45) is 0 Å². The number of likely N-dealkylation sites (tertiary alicyclic amines) is 1. The quantitative estimate of drug-likeness (QED) is 0.806. The molecule has 23 heavy (non-hydrogen) atoms. The molecule has 0 bridgehead atoms. The molecule has 1 aromatic heterocycles. The third kappa shape index (κ3) is 3.91. The first-order valence-electron chi connectivity index (χ1n) is 8.71. The second-order valence-corrected chi connectivity index (χ2v) is 6.29. The van der Waals surface area contributed by atoms with Gasteiger partial charge in [0.2, 0.25) is 5.91 Å². The van der Waals surface area contributed by atoms with Gasteiger partial charge in [0.1, 0.15) is 5.82 Å². The number of aromatic nitrogens is 2. The second kappa shape index (κ2) is 7.59. The Morgan fingerprint density at radius 1 is 1.30 bits per heavy atom. The van der Waals surface area contributed by atoms with Crippen LogP contribution < -0.4 is 5.32 Å². The maximum Gasteiger partial charge on any atom is 0.223 e. The fourth-order valence-corrected chi connectivity index (χ4v) is 3.22. The Morgan fingerprint density at radius 3 is 2.83 bits per heavy atom. The molecule has 0 saturated carbocycles. The van der Waals surface area contributed by atoms with Crippen LogP contribution in [0, 0.1) is 0 Å². The smallest absolute Gasteiger partial charge is 0.223 e. The summed E-state index contributed by atoms with van der Waals surface area (Å²) < 4.78 is 0. The Labute approximate surface area is 137 Å². The first kappa shape index (κ1) is 16.0. The number of fused-ring (bicyclic) bond motifs is 1. The number of carbonyl (C=O) groups is 1. The molecule has 3 rings (SSSR count). The van der Waals surface area contributed by atoms with E-state index in [9.17, 15) is 4.79 Å². The fourth-order valence-electron chi connectivity index (χ4n) is 3.22. The number of hydrogen-bond donors (Lipinski definition) is 2. The van der Waals surface area contributed by atoms with E-state index in [1.165, 1.54) is 0 Å². The number of benzene rings is 1. The normalized spacial score (nSPS) is 16.1. The van der Waals surface area contributed by atoms with Crippen molar-refractivity contribution in [1.29, 1.82) is 0 Å². The lowest BCUT2D eigenvalue weighted by Crippen LogP contribution is -2.39. The number of H-pyrrole nitrogens is 1. The van der Waals surface area contributed by atoms with E-state index in [4.69, 9.17) is 4.98 Å². The highest BCUT2D eigenvalue weighted by Crippen LogP contribution is 2.27. The molecule has 0 spiro atoms. The summed E-state index contributed by atoms with van der Waals surface area (Å²) in [5, 5.41) is 3.29. The van der Waals surface area contributed by atoms with E-state index in [2.05, 4.69) is 23.3 Å². The topological polar surface area (TPSA) is 61.0 Å². The Balaban J connectivity index is 1.50. The minimum atomic E-state index is 0.275. The Morgan fingerprint density at radius 2 is 2.09 bits per heavy atom. The number of piperidine rings is 1. The third-order valence-electron chi connectivity index (χ3n) is 4.58. The average molecular weight is 314 g/mol. The summed E-state index contributed by atoms with van der Waals surface area (Å²) in [4.78, 5) is 22.4. The molecule has 0 unspecified atom stereocenters. The van der Waals surface area contributed by atoms with E-state index in [0.29, 0.717) is 12.3 Å². The molecule has 5 heteroatoms. The number of aromatic amines is 1. The van der Waals surface area contributed by atoms with Crippen LogP contribution in [-0.2, 0) is 4.79 Å². The molecule has 2 N–H and O–H groups in total. The molecule has 1 aromatic carbocycles. The summed E-state index contributed by atoms with van der Waals surface area (Å²) in [7, 11) is 0. The highest BCUT2D eigenvalue weighted by atomic mass is 16.2. The van der Waals surface area contributed by atoms with Gasteiger partial charge in [-0.2, -0.15) is 0 Å². The molecule has 0 atom stereocenters. The number of nitrogens with one attached hydrogen (secondary N) is 2. The van der Waals surface area contributed by atoms with Crippen molar-refractivity contribution in [3.8, 4) is 0 Å². The van der Waals surface area contributed by atoms with Crippen molar-refractivity contribution in [2.45, 2.75) is 38.5 Å². The van der Waals surface area contributed by atoms with Gasteiger partial charge in [-0.25, -0.2) is 4.98 Å². The molecule has 124 valence electrons. The molecule has 1 fully saturated rings. The number of rotatable bonds is 6. The maximum atomic E-state index is 12.2. The molecule has 0 radical (unpaired) electrons. The Hall–Kier alpha value is -1.88. The number of hydrogen-bond acceptors (Lipinski definition) is 3. The van der Waals surface area contributed by atoms with Gasteiger partial charge in [0.15, 0.2) is 0 Å². The highest BCUT2D eigenvalue weighted by Gasteiger charge is 2.25. The lowest BCUT2D eigenvalue weighted by Gasteiger charge is -2.31. The molecule has 1 amide bonds.